The van der Waals surface area contributed by atoms with E-state index >= 15 is 0 Å². The lowest BCUT2D eigenvalue weighted by molar-refractivity contribution is -0.697. The fourth-order valence-corrected chi connectivity index (χ4v) is 3.25. The minimum atomic E-state index is 1.20. The van der Waals surface area contributed by atoms with Gasteiger partial charge < -0.3 is 0 Å². The van der Waals surface area contributed by atoms with Crippen LogP contribution in [0.5, 0.6) is 0 Å². The van der Waals surface area contributed by atoms with E-state index in [9.17, 15) is 0 Å². The maximum absolute atomic E-state index is 2.40. The summed E-state index contributed by atoms with van der Waals surface area (Å²) >= 11 is 0. The van der Waals surface area contributed by atoms with Crippen molar-refractivity contribution in [1.29, 1.82) is 0 Å². The zero-order valence-corrected chi connectivity index (χ0v) is 13.2. The topological polar surface area (TPSA) is 3.88 Å². The monoisotopic (exact) mass is 274 g/mol. The molecule has 0 amide bonds. The quantitative estimate of drug-likeness (QED) is 0.572. The first-order chi connectivity index (χ1) is 9.95. The second kappa shape index (κ2) is 9.96. The molecule has 0 fully saturated rings. The molecular weight excluding hydrogens is 242 g/mol. The summed E-state index contributed by atoms with van der Waals surface area (Å²) in [4.78, 5) is 0. The molecule has 0 saturated carbocycles. The fourth-order valence-electron chi connectivity index (χ4n) is 3.25. The highest BCUT2D eigenvalue weighted by atomic mass is 14.9. The predicted octanol–water partition coefficient (Wildman–Crippen LogP) is 5.21. The SMILES string of the molecule is c1cc2c[n+](c1)CCCCCCCCCCCCCC2. The second-order valence-corrected chi connectivity index (χ2v) is 6.44. The average Bonchev–Trinajstić information content (AvgIpc) is 2.47. The summed E-state index contributed by atoms with van der Waals surface area (Å²) in [6.45, 7) is 1.20. The fraction of sp³-hybridized carbons (Fsp3) is 0.737. The number of aryl methyl sites for hydroxylation is 2. The third-order valence-electron chi connectivity index (χ3n) is 4.55. The van der Waals surface area contributed by atoms with Crippen LogP contribution in [0.15, 0.2) is 24.5 Å². The zero-order chi connectivity index (χ0) is 13.9. The van der Waals surface area contributed by atoms with Crippen LogP contribution in [0.4, 0.5) is 0 Å². The van der Waals surface area contributed by atoms with E-state index in [1.54, 1.807) is 0 Å². The Kier molecular flexibility index (Phi) is 7.74. The molecule has 0 N–H and O–H groups in total. The smallest absolute Gasteiger partial charge is 0.171 e. The van der Waals surface area contributed by atoms with E-state index in [1.165, 1.54) is 95.6 Å². The number of nitrogens with zero attached hydrogens (tertiary/aromatic N) is 1. The van der Waals surface area contributed by atoms with Crippen LogP contribution >= 0.6 is 0 Å². The molecular formula is C19H32N+. The summed E-state index contributed by atoms with van der Waals surface area (Å²) in [6.07, 6.45) is 23.0. The summed E-state index contributed by atoms with van der Waals surface area (Å²) < 4.78 is 2.40. The number of pyridine rings is 1. The molecule has 1 nitrogen and oxygen atoms in total. The Morgan fingerprint density at radius 1 is 0.650 bits per heavy atom. The molecule has 1 aromatic rings. The first kappa shape index (κ1) is 15.5. The van der Waals surface area contributed by atoms with E-state index in [1.807, 2.05) is 0 Å². The normalized spacial score (nSPS) is 20.2. The molecule has 1 aliphatic heterocycles. The van der Waals surface area contributed by atoms with E-state index in [0.29, 0.717) is 0 Å². The lowest BCUT2D eigenvalue weighted by atomic mass is 10.0. The Balaban J connectivity index is 1.81. The number of fused-ring (bicyclic) bond motifs is 2. The van der Waals surface area contributed by atoms with Gasteiger partial charge in [0, 0.05) is 18.1 Å². The number of rotatable bonds is 0. The van der Waals surface area contributed by atoms with E-state index < -0.39 is 0 Å². The van der Waals surface area contributed by atoms with Crippen LogP contribution in [0.25, 0.3) is 0 Å². The van der Waals surface area contributed by atoms with Crippen molar-refractivity contribution in [3.8, 4) is 0 Å². The van der Waals surface area contributed by atoms with Crippen molar-refractivity contribution in [1.82, 2.24) is 0 Å². The van der Waals surface area contributed by atoms with Crippen LogP contribution in [0.2, 0.25) is 0 Å². The zero-order valence-electron chi connectivity index (χ0n) is 13.2. The first-order valence-electron chi connectivity index (χ1n) is 8.93. The van der Waals surface area contributed by atoms with E-state index in [2.05, 4.69) is 29.1 Å². The first-order valence-corrected chi connectivity index (χ1v) is 8.93. The van der Waals surface area contributed by atoms with Gasteiger partial charge in [-0.2, -0.15) is 0 Å². The highest BCUT2D eigenvalue weighted by molar-refractivity contribution is 5.05. The molecule has 0 aliphatic carbocycles. The Labute approximate surface area is 125 Å². The molecule has 2 heterocycles. The largest absolute Gasteiger partial charge is 0.205 e. The highest BCUT2D eigenvalue weighted by Gasteiger charge is 2.03. The van der Waals surface area contributed by atoms with Crippen molar-refractivity contribution in [2.45, 2.75) is 90.0 Å². The molecule has 0 aromatic carbocycles. The Bertz CT molecular complexity index is 327. The van der Waals surface area contributed by atoms with Gasteiger partial charge >= 0.3 is 0 Å². The van der Waals surface area contributed by atoms with Gasteiger partial charge in [0.25, 0.3) is 0 Å². The van der Waals surface area contributed by atoms with Crippen molar-refractivity contribution in [3.05, 3.63) is 30.1 Å². The molecule has 20 heavy (non-hydrogen) atoms. The van der Waals surface area contributed by atoms with Crippen LogP contribution in [-0.2, 0) is 13.0 Å². The van der Waals surface area contributed by atoms with Crippen LogP contribution in [0, 0.1) is 0 Å². The van der Waals surface area contributed by atoms with Crippen molar-refractivity contribution in [3.63, 3.8) is 0 Å². The Morgan fingerprint density at radius 3 is 1.85 bits per heavy atom. The number of hydrogen-bond acceptors (Lipinski definition) is 0. The molecule has 0 unspecified atom stereocenters. The maximum Gasteiger partial charge on any atom is 0.171 e. The third kappa shape index (κ3) is 6.54. The summed E-state index contributed by atoms with van der Waals surface area (Å²) in [5.74, 6) is 0. The molecule has 0 radical (unpaired) electrons. The van der Waals surface area contributed by atoms with Crippen LogP contribution < -0.4 is 4.57 Å². The minimum Gasteiger partial charge on any atom is -0.205 e. The third-order valence-corrected chi connectivity index (χ3v) is 4.55. The summed E-state index contributed by atoms with van der Waals surface area (Å²) in [7, 11) is 0. The van der Waals surface area contributed by atoms with Gasteiger partial charge in [-0.3, -0.25) is 0 Å². The molecule has 2 rings (SSSR count). The van der Waals surface area contributed by atoms with Gasteiger partial charge in [0.05, 0.1) is 0 Å². The highest BCUT2D eigenvalue weighted by Crippen LogP contribution is 2.13. The molecule has 2 bridgehead atoms. The number of hydrogen-bond donors (Lipinski definition) is 0. The lowest BCUT2D eigenvalue weighted by Crippen LogP contribution is -2.33. The van der Waals surface area contributed by atoms with Gasteiger partial charge in [0.1, 0.15) is 6.54 Å². The van der Waals surface area contributed by atoms with E-state index in [-0.39, 0.29) is 0 Å². The van der Waals surface area contributed by atoms with Crippen molar-refractivity contribution < 1.29 is 4.57 Å². The van der Waals surface area contributed by atoms with Crippen molar-refractivity contribution in [2.75, 3.05) is 0 Å². The standard InChI is InChI=1S/C19H32N/c1-2-4-6-8-10-12-16-20-17-13-15-19(18-20)14-11-9-7-5-3-1/h13,15,17-18H,1-12,14,16H2/q+1. The van der Waals surface area contributed by atoms with Gasteiger partial charge in [0.2, 0.25) is 0 Å². The van der Waals surface area contributed by atoms with Crippen molar-refractivity contribution >= 4 is 0 Å². The molecule has 0 atom stereocenters. The van der Waals surface area contributed by atoms with Crippen LogP contribution in [-0.4, -0.2) is 0 Å². The van der Waals surface area contributed by atoms with Gasteiger partial charge in [-0.15, -0.1) is 0 Å². The molecule has 0 saturated heterocycles. The maximum atomic E-state index is 2.40. The summed E-state index contributed by atoms with van der Waals surface area (Å²) in [6, 6.07) is 4.52. The predicted molar refractivity (Wildman–Crippen MR) is 85.7 cm³/mol. The van der Waals surface area contributed by atoms with Gasteiger partial charge in [0.15, 0.2) is 12.4 Å². The van der Waals surface area contributed by atoms with E-state index in [4.69, 9.17) is 0 Å². The van der Waals surface area contributed by atoms with Gasteiger partial charge in [-0.1, -0.05) is 57.8 Å². The summed E-state index contributed by atoms with van der Waals surface area (Å²) in [5.41, 5.74) is 1.52. The van der Waals surface area contributed by atoms with Crippen molar-refractivity contribution in [2.24, 2.45) is 0 Å². The molecule has 112 valence electrons. The van der Waals surface area contributed by atoms with Gasteiger partial charge in [-0.25, -0.2) is 4.57 Å². The summed E-state index contributed by atoms with van der Waals surface area (Å²) in [5, 5.41) is 0. The molecule has 1 aliphatic rings. The van der Waals surface area contributed by atoms with E-state index in [0.717, 1.165) is 0 Å². The Hall–Kier alpha value is -0.850. The van der Waals surface area contributed by atoms with Crippen LogP contribution in [0.1, 0.15) is 82.6 Å². The molecule has 1 heteroatoms. The lowest BCUT2D eigenvalue weighted by Gasteiger charge is -2.02. The Morgan fingerprint density at radius 2 is 1.20 bits per heavy atom. The van der Waals surface area contributed by atoms with Crippen LogP contribution in [0.3, 0.4) is 0 Å². The minimum absolute atomic E-state index is 1.20. The van der Waals surface area contributed by atoms with Gasteiger partial charge in [-0.05, 0) is 25.3 Å². The average molecular weight is 274 g/mol. The molecule has 1 aromatic heterocycles. The molecule has 0 spiro atoms. The second-order valence-electron chi connectivity index (χ2n) is 6.44. The number of aromatic nitrogens is 1.